The lowest BCUT2D eigenvalue weighted by Crippen LogP contribution is -2.07. The fourth-order valence-corrected chi connectivity index (χ4v) is 3.00. The van der Waals surface area contributed by atoms with Crippen LogP contribution in [0.3, 0.4) is 0 Å². The van der Waals surface area contributed by atoms with Crippen LogP contribution in [0.15, 0.2) is 83.4 Å². The molecular weight excluding hydrogens is 360 g/mol. The third-order valence-corrected chi connectivity index (χ3v) is 4.43. The molecule has 0 aliphatic heterocycles. The molecule has 0 radical (unpaired) electrons. The van der Waals surface area contributed by atoms with E-state index in [0.717, 1.165) is 21.4 Å². The summed E-state index contributed by atoms with van der Waals surface area (Å²) in [6.45, 7) is 3.44. The average molecular weight is 378 g/mol. The van der Waals surface area contributed by atoms with Gasteiger partial charge in [-0.1, -0.05) is 24.4 Å². The molecule has 1 aromatic heterocycles. The van der Waals surface area contributed by atoms with Crippen molar-refractivity contribution in [2.24, 2.45) is 0 Å². The van der Waals surface area contributed by atoms with Gasteiger partial charge in [0.15, 0.2) is 0 Å². The van der Waals surface area contributed by atoms with Gasteiger partial charge in [0.1, 0.15) is 10.8 Å². The van der Waals surface area contributed by atoms with Gasteiger partial charge >= 0.3 is 0 Å². The van der Waals surface area contributed by atoms with Crippen LogP contribution >= 0.6 is 11.8 Å². The number of amides is 1. The molecule has 27 heavy (non-hydrogen) atoms. The summed E-state index contributed by atoms with van der Waals surface area (Å²) in [4.78, 5) is 21.2. The van der Waals surface area contributed by atoms with E-state index < -0.39 is 0 Å². The third-order valence-electron chi connectivity index (χ3n) is 3.48. The monoisotopic (exact) mass is 378 g/mol. The number of hydrogen-bond acceptors (Lipinski definition) is 6. The molecule has 1 amide bonds. The van der Waals surface area contributed by atoms with E-state index in [-0.39, 0.29) is 5.91 Å². The lowest BCUT2D eigenvalue weighted by Gasteiger charge is -2.09. The van der Waals surface area contributed by atoms with Crippen molar-refractivity contribution in [3.05, 3.63) is 73.4 Å². The highest BCUT2D eigenvalue weighted by atomic mass is 32.2. The Morgan fingerprint density at radius 2 is 1.93 bits per heavy atom. The molecule has 2 N–H and O–H groups in total. The molecule has 2 aromatic carbocycles. The molecule has 0 spiro atoms. The van der Waals surface area contributed by atoms with Gasteiger partial charge in [0, 0.05) is 22.5 Å². The molecular formula is C20H18N4O2S. The largest absolute Gasteiger partial charge is 0.497 e. The molecule has 0 bridgehead atoms. The van der Waals surface area contributed by atoms with E-state index in [1.165, 1.54) is 17.8 Å². The van der Waals surface area contributed by atoms with Gasteiger partial charge in [-0.05, 0) is 54.6 Å². The lowest BCUT2D eigenvalue weighted by molar-refractivity contribution is -0.111. The second-order valence-electron chi connectivity index (χ2n) is 5.40. The maximum Gasteiger partial charge on any atom is 0.247 e. The fourth-order valence-electron chi connectivity index (χ4n) is 2.22. The van der Waals surface area contributed by atoms with Crippen LogP contribution in [0.5, 0.6) is 5.75 Å². The van der Waals surface area contributed by atoms with Crippen molar-refractivity contribution in [3.8, 4) is 5.75 Å². The highest BCUT2D eigenvalue weighted by Crippen LogP contribution is 2.28. The molecule has 6 nitrogen and oxygen atoms in total. The van der Waals surface area contributed by atoms with Crippen molar-refractivity contribution in [2.45, 2.75) is 9.92 Å². The number of anilines is 3. The van der Waals surface area contributed by atoms with E-state index >= 15 is 0 Å². The first kappa shape index (κ1) is 18.5. The number of aromatic nitrogens is 2. The first-order chi connectivity index (χ1) is 13.2. The van der Waals surface area contributed by atoms with E-state index in [2.05, 4.69) is 27.2 Å². The molecule has 7 heteroatoms. The van der Waals surface area contributed by atoms with Crippen LogP contribution in [0, 0.1) is 0 Å². The first-order valence-corrected chi connectivity index (χ1v) is 8.93. The van der Waals surface area contributed by atoms with Crippen molar-refractivity contribution in [1.29, 1.82) is 0 Å². The minimum Gasteiger partial charge on any atom is -0.497 e. The Balaban J connectivity index is 1.71. The number of nitrogens with one attached hydrogen (secondary N) is 2. The maximum atomic E-state index is 11.4. The summed E-state index contributed by atoms with van der Waals surface area (Å²) >= 11 is 1.53. The summed E-state index contributed by atoms with van der Waals surface area (Å²) in [7, 11) is 1.64. The summed E-state index contributed by atoms with van der Waals surface area (Å²) in [5, 5.41) is 6.68. The molecule has 3 rings (SSSR count). The van der Waals surface area contributed by atoms with E-state index in [1.807, 2.05) is 42.5 Å². The molecule has 3 aromatic rings. The minimum absolute atomic E-state index is 0.263. The zero-order valence-electron chi connectivity index (χ0n) is 14.7. The SMILES string of the molecule is C=CC(=O)Nc1cccc(Nc2nccc(Sc3ccc(OC)cc3)n2)c1. The van der Waals surface area contributed by atoms with E-state index in [9.17, 15) is 4.79 Å². The van der Waals surface area contributed by atoms with Crippen molar-refractivity contribution < 1.29 is 9.53 Å². The summed E-state index contributed by atoms with van der Waals surface area (Å²) in [5.41, 5.74) is 1.43. The van der Waals surface area contributed by atoms with Gasteiger partial charge < -0.3 is 15.4 Å². The molecule has 0 atom stereocenters. The van der Waals surface area contributed by atoms with E-state index in [1.54, 1.807) is 25.4 Å². The average Bonchev–Trinajstić information content (AvgIpc) is 2.69. The molecule has 0 saturated heterocycles. The molecule has 1 heterocycles. The smallest absolute Gasteiger partial charge is 0.247 e. The number of nitrogens with zero attached hydrogens (tertiary/aromatic N) is 2. The molecule has 0 fully saturated rings. The normalized spacial score (nSPS) is 10.1. The Morgan fingerprint density at radius 1 is 1.15 bits per heavy atom. The number of benzene rings is 2. The van der Waals surface area contributed by atoms with Crippen LogP contribution in [0.25, 0.3) is 0 Å². The zero-order valence-corrected chi connectivity index (χ0v) is 15.5. The Morgan fingerprint density at radius 3 is 2.67 bits per heavy atom. The molecule has 0 aliphatic rings. The number of rotatable bonds is 7. The number of hydrogen-bond donors (Lipinski definition) is 2. The van der Waals surface area contributed by atoms with Gasteiger partial charge in [-0.15, -0.1) is 0 Å². The van der Waals surface area contributed by atoms with Gasteiger partial charge in [0.05, 0.1) is 7.11 Å². The van der Waals surface area contributed by atoms with Crippen molar-refractivity contribution >= 4 is 35.0 Å². The Bertz CT molecular complexity index is 945. The Labute approximate surface area is 161 Å². The second kappa shape index (κ2) is 8.86. The number of carbonyl (C=O) groups is 1. The fraction of sp³-hybridized carbons (Fsp3) is 0.0500. The molecule has 136 valence electrons. The zero-order chi connectivity index (χ0) is 19.1. The molecule has 0 saturated carbocycles. The van der Waals surface area contributed by atoms with Crippen molar-refractivity contribution in [3.63, 3.8) is 0 Å². The van der Waals surface area contributed by atoms with Crippen LogP contribution < -0.4 is 15.4 Å². The van der Waals surface area contributed by atoms with Crippen LogP contribution in [-0.2, 0) is 4.79 Å². The van der Waals surface area contributed by atoms with Gasteiger partial charge in [0.25, 0.3) is 0 Å². The second-order valence-corrected chi connectivity index (χ2v) is 6.49. The van der Waals surface area contributed by atoms with Crippen LogP contribution in [-0.4, -0.2) is 23.0 Å². The highest BCUT2D eigenvalue weighted by molar-refractivity contribution is 7.99. The van der Waals surface area contributed by atoms with Crippen molar-refractivity contribution in [2.75, 3.05) is 17.7 Å². The minimum atomic E-state index is -0.263. The van der Waals surface area contributed by atoms with Gasteiger partial charge in [-0.2, -0.15) is 0 Å². The number of carbonyl (C=O) groups excluding carboxylic acids is 1. The van der Waals surface area contributed by atoms with Gasteiger partial charge in [0.2, 0.25) is 11.9 Å². The Kier molecular flexibility index (Phi) is 6.06. The summed E-state index contributed by atoms with van der Waals surface area (Å²) in [6.07, 6.45) is 2.92. The van der Waals surface area contributed by atoms with Crippen LogP contribution in [0.1, 0.15) is 0 Å². The number of ether oxygens (including phenoxy) is 1. The molecule has 0 aliphatic carbocycles. The maximum absolute atomic E-state index is 11.4. The third kappa shape index (κ3) is 5.32. The topological polar surface area (TPSA) is 76.1 Å². The van der Waals surface area contributed by atoms with Gasteiger partial charge in [-0.25, -0.2) is 9.97 Å². The predicted octanol–water partition coefficient (Wildman–Crippen LogP) is 4.50. The first-order valence-electron chi connectivity index (χ1n) is 8.12. The van der Waals surface area contributed by atoms with Crippen LogP contribution in [0.2, 0.25) is 0 Å². The highest BCUT2D eigenvalue weighted by Gasteiger charge is 2.04. The van der Waals surface area contributed by atoms with Crippen LogP contribution in [0.4, 0.5) is 17.3 Å². The summed E-state index contributed by atoms with van der Waals surface area (Å²) in [6, 6.07) is 16.9. The summed E-state index contributed by atoms with van der Waals surface area (Å²) in [5.74, 6) is 1.02. The quantitative estimate of drug-likeness (QED) is 0.465. The Hall–Kier alpha value is -3.32. The lowest BCUT2D eigenvalue weighted by atomic mass is 10.2. The van der Waals surface area contributed by atoms with Crippen molar-refractivity contribution in [1.82, 2.24) is 9.97 Å². The van der Waals surface area contributed by atoms with E-state index in [0.29, 0.717) is 11.6 Å². The standard InChI is InChI=1S/C20H18N4O2S/c1-3-18(25)22-14-5-4-6-15(13-14)23-20-21-12-11-19(24-20)27-17-9-7-16(26-2)8-10-17/h3-13H,1H2,2H3,(H,22,25)(H,21,23,24). The predicted molar refractivity (Wildman–Crippen MR) is 108 cm³/mol. The summed E-state index contributed by atoms with van der Waals surface area (Å²) < 4.78 is 5.17. The van der Waals surface area contributed by atoms with E-state index in [4.69, 9.17) is 4.74 Å². The number of methoxy groups -OCH3 is 1. The van der Waals surface area contributed by atoms with Gasteiger partial charge in [-0.3, -0.25) is 4.79 Å². The molecule has 0 unspecified atom stereocenters.